The molecular formula is C43H66O15. The summed E-state index contributed by atoms with van der Waals surface area (Å²) in [5.74, 6) is -3.88. The van der Waals surface area contributed by atoms with Crippen molar-refractivity contribution in [1.82, 2.24) is 0 Å². The van der Waals surface area contributed by atoms with Crippen LogP contribution in [0.15, 0.2) is 99.2 Å². The van der Waals surface area contributed by atoms with Gasteiger partial charge in [0.05, 0.1) is 51.5 Å². The van der Waals surface area contributed by atoms with Gasteiger partial charge >= 0.3 is 35.8 Å². The number of hydrogen-bond acceptors (Lipinski definition) is 15. The van der Waals surface area contributed by atoms with E-state index in [2.05, 4.69) is 57.4 Å². The van der Waals surface area contributed by atoms with Crippen LogP contribution in [0.5, 0.6) is 0 Å². The maximum atomic E-state index is 11.9. The van der Waals surface area contributed by atoms with Crippen molar-refractivity contribution in [2.45, 2.75) is 48.0 Å². The van der Waals surface area contributed by atoms with E-state index in [-0.39, 0.29) is 63.1 Å². The molecule has 58 heavy (non-hydrogen) atoms. The molecular weight excluding hydrogens is 756 g/mol. The third-order valence-corrected chi connectivity index (χ3v) is 6.11. The lowest BCUT2D eigenvalue weighted by atomic mass is 9.92. The van der Waals surface area contributed by atoms with Crippen LogP contribution < -0.4 is 0 Å². The van der Waals surface area contributed by atoms with E-state index in [1.54, 1.807) is 46.8 Å². The lowest BCUT2D eigenvalue weighted by Crippen LogP contribution is -2.31. The van der Waals surface area contributed by atoms with Gasteiger partial charge in [0.2, 0.25) is 0 Å². The van der Waals surface area contributed by atoms with E-state index >= 15 is 0 Å². The topological polar surface area (TPSA) is 185 Å². The second kappa shape index (κ2) is 41.3. The summed E-state index contributed by atoms with van der Waals surface area (Å²) in [5.41, 5.74) is 1.48. The second-order valence-electron chi connectivity index (χ2n) is 11.6. The Balaban J connectivity index is -0.000000354. The first-order chi connectivity index (χ1) is 27.4. The largest absolute Gasteiger partial charge is 0.462 e. The molecule has 0 saturated carbocycles. The molecule has 2 atom stereocenters. The number of ether oxygens (including phenoxy) is 9. The van der Waals surface area contributed by atoms with Crippen LogP contribution in [0.1, 0.15) is 48.0 Å². The first kappa shape index (κ1) is 59.3. The van der Waals surface area contributed by atoms with Gasteiger partial charge in [0.15, 0.2) is 0 Å². The Morgan fingerprint density at radius 3 is 1.12 bits per heavy atom. The Morgan fingerprint density at radius 1 is 0.431 bits per heavy atom. The molecule has 0 aromatic heterocycles. The van der Waals surface area contributed by atoms with E-state index in [0.29, 0.717) is 62.8 Å². The monoisotopic (exact) mass is 822 g/mol. The van der Waals surface area contributed by atoms with Crippen LogP contribution in [-0.4, -0.2) is 115 Å². The molecule has 0 fully saturated rings. The molecule has 0 bridgehead atoms. The fourth-order valence-corrected chi connectivity index (χ4v) is 3.11. The number of esters is 6. The molecule has 0 heterocycles. The van der Waals surface area contributed by atoms with Crippen molar-refractivity contribution in [3.05, 3.63) is 99.2 Å². The lowest BCUT2D eigenvalue weighted by molar-refractivity contribution is -0.161. The number of rotatable bonds is 28. The zero-order valence-corrected chi connectivity index (χ0v) is 35.4. The minimum atomic E-state index is -0.640. The molecule has 0 amide bonds. The smallest absolute Gasteiger partial charge is 0.333 e. The minimum absolute atomic E-state index is 0.0537. The van der Waals surface area contributed by atoms with Crippen LogP contribution in [-0.2, 0) is 71.4 Å². The Kier molecular flexibility index (Phi) is 42.2. The Labute approximate surface area is 345 Å². The molecule has 0 spiro atoms. The highest BCUT2D eigenvalue weighted by atomic mass is 16.6. The van der Waals surface area contributed by atoms with Crippen LogP contribution in [0.2, 0.25) is 0 Å². The van der Waals surface area contributed by atoms with Gasteiger partial charge in [-0.1, -0.05) is 77.6 Å². The Hall–Kier alpha value is -5.38. The first-order valence-corrected chi connectivity index (χ1v) is 18.2. The highest BCUT2D eigenvalue weighted by Crippen LogP contribution is 2.19. The fraction of sp³-hybridized carbons (Fsp3) is 0.488. The van der Waals surface area contributed by atoms with Crippen molar-refractivity contribution >= 4 is 35.8 Å². The van der Waals surface area contributed by atoms with Crippen molar-refractivity contribution < 1.29 is 71.4 Å². The minimum Gasteiger partial charge on any atom is -0.462 e. The second-order valence-corrected chi connectivity index (χ2v) is 11.6. The highest BCUT2D eigenvalue weighted by Gasteiger charge is 2.31. The summed E-state index contributed by atoms with van der Waals surface area (Å²) in [7, 11) is 0. The van der Waals surface area contributed by atoms with Gasteiger partial charge in [-0.2, -0.15) is 0 Å². The average molecular weight is 823 g/mol. The molecule has 0 N–H and O–H groups in total. The van der Waals surface area contributed by atoms with E-state index in [9.17, 15) is 28.8 Å². The van der Waals surface area contributed by atoms with Crippen LogP contribution in [0.4, 0.5) is 0 Å². The Morgan fingerprint density at radius 2 is 0.741 bits per heavy atom. The van der Waals surface area contributed by atoms with Crippen LogP contribution in [0.3, 0.4) is 0 Å². The van der Waals surface area contributed by atoms with Gasteiger partial charge in [-0.05, 0) is 34.1 Å². The molecule has 0 aliphatic heterocycles. The first-order valence-electron chi connectivity index (χ1n) is 18.2. The number of hydrogen-bond donors (Lipinski definition) is 0. The molecule has 0 rings (SSSR count). The van der Waals surface area contributed by atoms with Crippen LogP contribution in [0, 0.1) is 11.8 Å². The predicted molar refractivity (Wildman–Crippen MR) is 221 cm³/mol. The van der Waals surface area contributed by atoms with Crippen molar-refractivity contribution in [2.24, 2.45) is 11.8 Å². The maximum absolute atomic E-state index is 11.9. The van der Waals surface area contributed by atoms with Gasteiger partial charge in [-0.15, -0.1) is 13.2 Å². The molecule has 15 heteroatoms. The van der Waals surface area contributed by atoms with Crippen LogP contribution >= 0.6 is 0 Å². The SMILES string of the molecule is C=CCOC(=O)C(=C)C.C=CCOC(=O)C(CC)C(C)C(=O)OCCOC(=O)C(=C)C.C=CCOCCOC(=O)C(=C)C.C=CCOCCOCCOC(=O)C(=C)C. The summed E-state index contributed by atoms with van der Waals surface area (Å²) in [5, 5.41) is 0. The van der Waals surface area contributed by atoms with Crippen LogP contribution in [0.25, 0.3) is 0 Å². The van der Waals surface area contributed by atoms with Gasteiger partial charge in [-0.3, -0.25) is 9.59 Å². The van der Waals surface area contributed by atoms with E-state index in [4.69, 9.17) is 37.9 Å². The van der Waals surface area contributed by atoms with E-state index in [0.717, 1.165) is 0 Å². The molecule has 0 aromatic carbocycles. The molecule has 2 unspecified atom stereocenters. The van der Waals surface area contributed by atoms with E-state index < -0.39 is 29.7 Å². The molecule has 0 aliphatic rings. The van der Waals surface area contributed by atoms with Gasteiger partial charge in [0, 0.05) is 22.3 Å². The third kappa shape index (κ3) is 38.9. The molecule has 0 aliphatic carbocycles. The quantitative estimate of drug-likeness (QED) is 0.0296. The average Bonchev–Trinajstić information content (AvgIpc) is 3.18. The summed E-state index contributed by atoms with van der Waals surface area (Å²) >= 11 is 0. The molecule has 0 radical (unpaired) electrons. The number of carbonyl (C=O) groups excluding carboxylic acids is 6. The summed E-state index contributed by atoms with van der Waals surface area (Å²) < 4.78 is 44.1. The zero-order chi connectivity index (χ0) is 45.3. The summed E-state index contributed by atoms with van der Waals surface area (Å²) in [6.45, 7) is 40.8. The zero-order valence-electron chi connectivity index (χ0n) is 35.4. The Bertz CT molecular complexity index is 1330. The van der Waals surface area contributed by atoms with Gasteiger partial charge in [-0.25, -0.2) is 19.2 Å². The summed E-state index contributed by atoms with van der Waals surface area (Å²) in [4.78, 5) is 67.1. The van der Waals surface area contributed by atoms with Gasteiger partial charge in [0.1, 0.15) is 39.6 Å². The summed E-state index contributed by atoms with van der Waals surface area (Å²) in [6.07, 6.45) is 6.75. The molecule has 328 valence electrons. The highest BCUT2D eigenvalue weighted by molar-refractivity contribution is 5.88. The lowest BCUT2D eigenvalue weighted by Gasteiger charge is -2.19. The normalized spacial score (nSPS) is 10.4. The summed E-state index contributed by atoms with van der Waals surface area (Å²) in [6, 6.07) is 0. The van der Waals surface area contributed by atoms with E-state index in [1.807, 2.05) is 0 Å². The van der Waals surface area contributed by atoms with Gasteiger partial charge < -0.3 is 42.6 Å². The van der Waals surface area contributed by atoms with Crippen molar-refractivity contribution in [3.63, 3.8) is 0 Å². The van der Waals surface area contributed by atoms with Crippen molar-refractivity contribution in [1.29, 1.82) is 0 Å². The predicted octanol–water partition coefficient (Wildman–Crippen LogP) is 5.97. The van der Waals surface area contributed by atoms with Crippen molar-refractivity contribution in [2.75, 3.05) is 79.3 Å². The van der Waals surface area contributed by atoms with E-state index in [1.165, 1.54) is 19.1 Å². The number of carbonyl (C=O) groups is 6. The maximum Gasteiger partial charge on any atom is 0.333 e. The molecule has 0 saturated heterocycles. The third-order valence-electron chi connectivity index (χ3n) is 6.11. The van der Waals surface area contributed by atoms with Crippen molar-refractivity contribution in [3.8, 4) is 0 Å². The fourth-order valence-electron chi connectivity index (χ4n) is 3.11. The standard InChI is InChI=1S/C16H24O6.C11H18O4.C9H14O3.C7H10O2/c1-6-8-20-16(19)13(7-2)12(5)15(18)22-10-9-21-14(17)11(3)4;1-4-5-13-6-7-14-8-9-15-11(12)10(2)3;1-4-5-11-6-7-12-9(10)8(2)3;1-4-5-9-7(8)6(2)3/h6,12-13H,1,3,7-10H2,2,4-5H3;4H,1-2,5-9H2,3H3;4H,1-2,5-7H2,3H3;4H,1-2,5H2,3H3. The van der Waals surface area contributed by atoms with Gasteiger partial charge in [0.25, 0.3) is 0 Å². The molecule has 15 nitrogen and oxygen atoms in total. The molecule has 0 aromatic rings.